The van der Waals surface area contributed by atoms with Crippen molar-refractivity contribution in [2.75, 3.05) is 17.3 Å². The van der Waals surface area contributed by atoms with Gasteiger partial charge in [-0.1, -0.05) is 6.07 Å². The Hall–Kier alpha value is -2.08. The molecule has 1 amide bonds. The fourth-order valence-electron chi connectivity index (χ4n) is 2.96. The van der Waals surface area contributed by atoms with E-state index in [0.29, 0.717) is 27.9 Å². The zero-order valence-corrected chi connectivity index (χ0v) is 20.4. The normalized spacial score (nSPS) is 12.8. The van der Waals surface area contributed by atoms with Gasteiger partial charge in [-0.05, 0) is 71.1 Å². The number of halogens is 1. The first-order valence-electron chi connectivity index (χ1n) is 9.30. The lowest BCUT2D eigenvalue weighted by Crippen LogP contribution is -2.44. The van der Waals surface area contributed by atoms with Gasteiger partial charge in [-0.3, -0.25) is 9.36 Å². The molecule has 3 aromatic rings. The summed E-state index contributed by atoms with van der Waals surface area (Å²) in [6, 6.07) is 8.63. The number of amides is 1. The van der Waals surface area contributed by atoms with Crippen molar-refractivity contribution < 1.29 is 17.6 Å². The SMILES string of the molecule is CSCC[C@H](NS(=O)(=O)c1ccc2c(c1)oc(=O)n2C)C(=O)Nc1ccc(C)cc1Br. The molecule has 3 rings (SSSR count). The maximum absolute atomic E-state index is 13.0. The molecule has 0 saturated carbocycles. The van der Waals surface area contributed by atoms with Gasteiger partial charge in [0.25, 0.3) is 0 Å². The highest BCUT2D eigenvalue weighted by Crippen LogP contribution is 2.24. The van der Waals surface area contributed by atoms with Crippen LogP contribution >= 0.6 is 27.7 Å². The van der Waals surface area contributed by atoms with Crippen molar-refractivity contribution in [1.29, 1.82) is 0 Å². The van der Waals surface area contributed by atoms with E-state index in [1.807, 2.05) is 25.3 Å². The van der Waals surface area contributed by atoms with E-state index >= 15 is 0 Å². The first kappa shape index (κ1) is 23.6. The summed E-state index contributed by atoms with van der Waals surface area (Å²) in [5.41, 5.74) is 2.21. The summed E-state index contributed by atoms with van der Waals surface area (Å²) in [5, 5.41) is 2.78. The highest BCUT2D eigenvalue weighted by atomic mass is 79.9. The number of rotatable bonds is 8. The lowest BCUT2D eigenvalue weighted by atomic mass is 10.2. The number of fused-ring (bicyclic) bond motifs is 1. The Kier molecular flexibility index (Phi) is 7.30. The molecule has 0 aliphatic carbocycles. The van der Waals surface area contributed by atoms with Gasteiger partial charge in [-0.25, -0.2) is 13.2 Å². The third kappa shape index (κ3) is 5.40. The molecule has 2 N–H and O–H groups in total. The van der Waals surface area contributed by atoms with Crippen molar-refractivity contribution in [1.82, 2.24) is 9.29 Å². The van der Waals surface area contributed by atoms with Crippen molar-refractivity contribution in [3.05, 3.63) is 57.0 Å². The van der Waals surface area contributed by atoms with Gasteiger partial charge in [0.05, 0.1) is 16.1 Å². The number of thioether (sulfide) groups is 1. The summed E-state index contributed by atoms with van der Waals surface area (Å²) in [6.07, 6.45) is 2.18. The smallest absolute Gasteiger partial charge is 0.408 e. The minimum absolute atomic E-state index is 0.0900. The number of nitrogens with one attached hydrogen (secondary N) is 2. The van der Waals surface area contributed by atoms with Crippen LogP contribution in [0.2, 0.25) is 0 Å². The van der Waals surface area contributed by atoms with Gasteiger partial charge in [-0.2, -0.15) is 16.5 Å². The molecular weight excluding hydrogens is 506 g/mol. The summed E-state index contributed by atoms with van der Waals surface area (Å²) < 4.78 is 35.5. The van der Waals surface area contributed by atoms with Crippen molar-refractivity contribution in [2.24, 2.45) is 7.05 Å². The molecule has 1 heterocycles. The molecule has 2 aromatic carbocycles. The number of benzene rings is 2. The highest BCUT2D eigenvalue weighted by Gasteiger charge is 2.26. The number of carbonyl (C=O) groups is 1. The lowest BCUT2D eigenvalue weighted by Gasteiger charge is -2.19. The Labute approximate surface area is 192 Å². The van der Waals surface area contributed by atoms with Crippen LogP contribution in [-0.4, -0.2) is 36.9 Å². The molecule has 0 aliphatic heterocycles. The number of aryl methyl sites for hydroxylation is 2. The Balaban J connectivity index is 1.86. The third-order valence-electron chi connectivity index (χ3n) is 4.68. The average molecular weight is 528 g/mol. The summed E-state index contributed by atoms with van der Waals surface area (Å²) in [6.45, 7) is 1.93. The summed E-state index contributed by atoms with van der Waals surface area (Å²) in [7, 11) is -2.51. The Morgan fingerprint density at radius 3 is 2.68 bits per heavy atom. The van der Waals surface area contributed by atoms with Crippen LogP contribution in [-0.2, 0) is 21.9 Å². The molecular formula is C20H22BrN3O5S2. The van der Waals surface area contributed by atoms with E-state index in [1.54, 1.807) is 6.07 Å². The molecule has 0 radical (unpaired) electrons. The number of nitrogens with zero attached hydrogens (tertiary/aromatic N) is 1. The van der Waals surface area contributed by atoms with Crippen LogP contribution < -0.4 is 15.8 Å². The van der Waals surface area contributed by atoms with E-state index in [4.69, 9.17) is 4.42 Å². The van der Waals surface area contributed by atoms with Crippen molar-refractivity contribution in [2.45, 2.75) is 24.3 Å². The maximum atomic E-state index is 13.0. The average Bonchev–Trinajstić information content (AvgIpc) is 3.00. The van der Waals surface area contributed by atoms with Crippen LogP contribution in [0.15, 0.2) is 55.0 Å². The lowest BCUT2D eigenvalue weighted by molar-refractivity contribution is -0.117. The van der Waals surface area contributed by atoms with Crippen molar-refractivity contribution >= 4 is 60.4 Å². The van der Waals surface area contributed by atoms with Crippen LogP contribution in [0, 0.1) is 6.92 Å². The minimum atomic E-state index is -4.04. The highest BCUT2D eigenvalue weighted by molar-refractivity contribution is 9.10. The number of oxazole rings is 1. The predicted molar refractivity (Wildman–Crippen MR) is 126 cm³/mol. The van der Waals surface area contributed by atoms with Gasteiger partial charge >= 0.3 is 5.76 Å². The van der Waals surface area contributed by atoms with Crippen LogP contribution in [0.3, 0.4) is 0 Å². The molecule has 1 atom stereocenters. The fourth-order valence-corrected chi connectivity index (χ4v) is 5.27. The van der Waals surface area contributed by atoms with Gasteiger partial charge in [0.2, 0.25) is 15.9 Å². The van der Waals surface area contributed by atoms with Crippen LogP contribution in [0.1, 0.15) is 12.0 Å². The van der Waals surface area contributed by atoms with E-state index in [9.17, 15) is 18.0 Å². The molecule has 0 bridgehead atoms. The maximum Gasteiger partial charge on any atom is 0.419 e. The number of hydrogen-bond acceptors (Lipinski definition) is 6. The summed E-state index contributed by atoms with van der Waals surface area (Å²) >= 11 is 4.92. The quantitative estimate of drug-likeness (QED) is 0.465. The van der Waals surface area contributed by atoms with E-state index < -0.39 is 27.7 Å². The van der Waals surface area contributed by atoms with E-state index in [2.05, 4.69) is 26.0 Å². The number of sulfonamides is 1. The standard InChI is InChI=1S/C20H22BrN3O5S2/c1-12-4-6-15(14(21)10-12)22-19(25)16(8-9-30-3)23-31(27,28)13-5-7-17-18(11-13)29-20(26)24(17)2/h4-7,10-11,16,23H,8-9H2,1-3H3,(H,22,25)/t16-/m0/s1. The number of carbonyl (C=O) groups excluding carboxylic acids is 1. The van der Waals surface area contributed by atoms with Gasteiger partial charge in [0.1, 0.15) is 6.04 Å². The largest absolute Gasteiger partial charge is 0.419 e. The number of hydrogen-bond donors (Lipinski definition) is 2. The number of anilines is 1. The Morgan fingerprint density at radius 1 is 1.26 bits per heavy atom. The number of aromatic nitrogens is 1. The second-order valence-electron chi connectivity index (χ2n) is 6.98. The monoisotopic (exact) mass is 527 g/mol. The van der Waals surface area contributed by atoms with Crippen LogP contribution in [0.25, 0.3) is 11.1 Å². The first-order chi connectivity index (χ1) is 14.6. The fraction of sp³-hybridized carbons (Fsp3) is 0.300. The Morgan fingerprint density at radius 2 is 2.00 bits per heavy atom. The van der Waals surface area contributed by atoms with Gasteiger partial charge < -0.3 is 9.73 Å². The van der Waals surface area contributed by atoms with Crippen molar-refractivity contribution in [3.63, 3.8) is 0 Å². The van der Waals surface area contributed by atoms with Gasteiger partial charge in [-0.15, -0.1) is 0 Å². The molecule has 0 fully saturated rings. The van der Waals surface area contributed by atoms with Crippen molar-refractivity contribution in [3.8, 4) is 0 Å². The molecule has 166 valence electrons. The molecule has 0 aliphatic rings. The van der Waals surface area contributed by atoms with Gasteiger partial charge in [0, 0.05) is 17.6 Å². The Bertz CT molecular complexity index is 1280. The molecule has 1 aromatic heterocycles. The summed E-state index contributed by atoms with van der Waals surface area (Å²) in [5.74, 6) is -0.463. The molecule has 0 unspecified atom stereocenters. The molecule has 0 spiro atoms. The first-order valence-corrected chi connectivity index (χ1v) is 13.0. The zero-order valence-electron chi connectivity index (χ0n) is 17.1. The van der Waals surface area contributed by atoms with Gasteiger partial charge in [0.15, 0.2) is 5.58 Å². The molecule has 0 saturated heterocycles. The molecule has 31 heavy (non-hydrogen) atoms. The molecule has 11 heteroatoms. The zero-order chi connectivity index (χ0) is 22.8. The second-order valence-corrected chi connectivity index (χ2v) is 10.5. The summed E-state index contributed by atoms with van der Waals surface area (Å²) in [4.78, 5) is 24.5. The minimum Gasteiger partial charge on any atom is -0.408 e. The topological polar surface area (TPSA) is 110 Å². The third-order valence-corrected chi connectivity index (χ3v) is 7.45. The predicted octanol–water partition coefficient (Wildman–Crippen LogP) is 3.24. The van der Waals surface area contributed by atoms with E-state index in [1.165, 1.54) is 41.6 Å². The molecule has 8 nitrogen and oxygen atoms in total. The van der Waals surface area contributed by atoms with E-state index in [0.717, 1.165) is 5.56 Å². The van der Waals surface area contributed by atoms with E-state index in [-0.39, 0.29) is 10.5 Å². The second kappa shape index (κ2) is 9.60. The van der Waals surface area contributed by atoms with Crippen LogP contribution in [0.4, 0.5) is 5.69 Å². The van der Waals surface area contributed by atoms with Crippen LogP contribution in [0.5, 0.6) is 0 Å².